The van der Waals surface area contributed by atoms with Gasteiger partial charge in [-0.25, -0.2) is 0 Å². The number of ether oxygens (including phenoxy) is 5. The van der Waals surface area contributed by atoms with Crippen LogP contribution in [0, 0.1) is 0 Å². The normalized spacial score (nSPS) is 15.2. The predicted octanol–water partition coefficient (Wildman–Crippen LogP) is 9.18. The van der Waals surface area contributed by atoms with Gasteiger partial charge in [-0.2, -0.15) is 0 Å². The first-order valence-electron chi connectivity index (χ1n) is 16.4. The fraction of sp³-hybridized carbons (Fsp3) is 0.244. The van der Waals surface area contributed by atoms with Crippen LogP contribution in [0.3, 0.4) is 0 Å². The van der Waals surface area contributed by atoms with Crippen molar-refractivity contribution in [2.45, 2.75) is 44.7 Å². The quantitative estimate of drug-likeness (QED) is 0.0803. The molecular weight excluding hydrogens is 684 g/mol. The van der Waals surface area contributed by atoms with Crippen LogP contribution in [-0.2, 0) is 30.2 Å². The maximum Gasteiger partial charge on any atom is 0.210 e. The fourth-order valence-electron chi connectivity index (χ4n) is 5.68. The van der Waals surface area contributed by atoms with Gasteiger partial charge in [-0.15, -0.1) is 0 Å². The Morgan fingerprint density at radius 1 is 0.673 bits per heavy atom. The summed E-state index contributed by atoms with van der Waals surface area (Å²) in [5.74, 6) is 1.01. The second kappa shape index (κ2) is 16.5. The zero-order chi connectivity index (χ0) is 33.9. The van der Waals surface area contributed by atoms with E-state index in [2.05, 4.69) is 15.9 Å². The van der Waals surface area contributed by atoms with Gasteiger partial charge in [-0.1, -0.05) is 119 Å². The molecule has 0 amide bonds. The Labute approximate surface area is 295 Å². The van der Waals surface area contributed by atoms with Gasteiger partial charge in [0.15, 0.2) is 17.1 Å². The lowest BCUT2D eigenvalue weighted by molar-refractivity contribution is -0.0611. The minimum atomic E-state index is -1.53. The molecule has 7 nitrogen and oxygen atoms in total. The van der Waals surface area contributed by atoms with Crippen molar-refractivity contribution >= 4 is 21.7 Å². The van der Waals surface area contributed by atoms with Crippen molar-refractivity contribution in [1.29, 1.82) is 0 Å². The standard InChI is InChI=1S/C41H39BrO7/c42-21-11-4-12-22-49-41(29-48-38-25-34(24-35(43)39(38)40(41)44)45-26-30-13-5-1-6-14-30)33-19-20-36(46-27-31-15-7-2-8-16-31)37(23-33)47-28-32-17-9-3-10-18-32/h1-3,5-10,13-20,23-25,43H,4,11-12,21-22,26-29H2. The van der Waals surface area contributed by atoms with Gasteiger partial charge in [0.05, 0.1) is 0 Å². The van der Waals surface area contributed by atoms with Crippen molar-refractivity contribution in [2.75, 3.05) is 18.5 Å². The topological polar surface area (TPSA) is 83.5 Å². The molecule has 0 aromatic heterocycles. The second-order valence-corrected chi connectivity index (χ2v) is 12.6. The number of benzene rings is 5. The van der Waals surface area contributed by atoms with Gasteiger partial charge in [0.1, 0.15) is 49.2 Å². The molecule has 0 saturated heterocycles. The number of phenolic OH excluding ortho intramolecular Hbond substituents is 1. The summed E-state index contributed by atoms with van der Waals surface area (Å²) in [4.78, 5) is 14.6. The van der Waals surface area contributed by atoms with Crippen LogP contribution in [0.15, 0.2) is 121 Å². The van der Waals surface area contributed by atoms with Crippen LogP contribution in [0.5, 0.6) is 28.7 Å². The van der Waals surface area contributed by atoms with Crippen LogP contribution in [0.2, 0.25) is 0 Å². The SMILES string of the molecule is O=C1c2c(O)cc(OCc3ccccc3)cc2OCC1(OCCCCCBr)c1ccc(OCc2ccccc2)c(OCc2ccccc2)c1. The van der Waals surface area contributed by atoms with E-state index in [9.17, 15) is 9.90 Å². The minimum Gasteiger partial charge on any atom is -0.507 e. The Morgan fingerprint density at radius 3 is 1.88 bits per heavy atom. The Kier molecular flexibility index (Phi) is 11.5. The monoisotopic (exact) mass is 722 g/mol. The minimum absolute atomic E-state index is 0.0509. The van der Waals surface area contributed by atoms with Gasteiger partial charge in [0.2, 0.25) is 5.78 Å². The van der Waals surface area contributed by atoms with E-state index in [1.807, 2.05) is 97.1 Å². The molecule has 5 aromatic rings. The van der Waals surface area contributed by atoms with E-state index in [-0.39, 0.29) is 23.7 Å². The number of carbonyl (C=O) groups is 1. The van der Waals surface area contributed by atoms with Gasteiger partial charge >= 0.3 is 0 Å². The second-order valence-electron chi connectivity index (χ2n) is 11.8. The predicted molar refractivity (Wildman–Crippen MR) is 192 cm³/mol. The molecule has 0 saturated carbocycles. The number of fused-ring (bicyclic) bond motifs is 1. The zero-order valence-electron chi connectivity index (χ0n) is 27.2. The summed E-state index contributed by atoms with van der Waals surface area (Å²) in [6, 6.07) is 38.0. The molecule has 6 rings (SSSR count). The Morgan fingerprint density at radius 2 is 1.27 bits per heavy atom. The van der Waals surface area contributed by atoms with Gasteiger partial charge in [0.25, 0.3) is 0 Å². The number of hydrogen-bond donors (Lipinski definition) is 1. The number of Topliss-reactive ketones (excluding diaryl/α,β-unsaturated/α-hetero) is 1. The Bertz CT molecular complexity index is 1810. The van der Waals surface area contributed by atoms with Gasteiger partial charge < -0.3 is 28.8 Å². The van der Waals surface area contributed by atoms with E-state index in [0.717, 1.165) is 41.3 Å². The number of rotatable bonds is 16. The molecule has 1 atom stereocenters. The lowest BCUT2D eigenvalue weighted by Gasteiger charge is -2.37. The molecule has 252 valence electrons. The molecule has 0 spiro atoms. The molecule has 0 aliphatic carbocycles. The number of phenols is 1. The Balaban J connectivity index is 1.32. The van der Waals surface area contributed by atoms with E-state index in [1.54, 1.807) is 18.2 Å². The van der Waals surface area contributed by atoms with E-state index >= 15 is 0 Å². The van der Waals surface area contributed by atoms with Crippen LogP contribution in [0.1, 0.15) is 51.9 Å². The summed E-state index contributed by atoms with van der Waals surface area (Å²) in [6.07, 6.45) is 2.67. The number of hydrogen-bond acceptors (Lipinski definition) is 7. The summed E-state index contributed by atoms with van der Waals surface area (Å²) < 4.78 is 31.3. The average Bonchev–Trinajstić information content (AvgIpc) is 3.14. The number of ketones is 1. The molecule has 0 fully saturated rings. The summed E-state index contributed by atoms with van der Waals surface area (Å²) in [6.45, 7) is 1.17. The molecular formula is C41H39BrO7. The van der Waals surface area contributed by atoms with E-state index in [0.29, 0.717) is 49.2 Å². The largest absolute Gasteiger partial charge is 0.507 e. The highest BCUT2D eigenvalue weighted by Crippen LogP contribution is 2.46. The number of aromatic hydroxyl groups is 1. The lowest BCUT2D eigenvalue weighted by atomic mass is 9.83. The fourth-order valence-corrected chi connectivity index (χ4v) is 6.07. The molecule has 0 radical (unpaired) electrons. The first-order valence-corrected chi connectivity index (χ1v) is 17.6. The first kappa shape index (κ1) is 34.1. The molecule has 5 aromatic carbocycles. The summed E-state index contributed by atoms with van der Waals surface area (Å²) >= 11 is 3.49. The molecule has 1 N–H and O–H groups in total. The summed E-state index contributed by atoms with van der Waals surface area (Å²) in [7, 11) is 0. The third kappa shape index (κ3) is 8.45. The Hall–Kier alpha value is -4.79. The van der Waals surface area contributed by atoms with E-state index < -0.39 is 11.4 Å². The van der Waals surface area contributed by atoms with Gasteiger partial charge in [0, 0.05) is 24.1 Å². The van der Waals surface area contributed by atoms with Crippen molar-refractivity contribution in [3.05, 3.63) is 149 Å². The average molecular weight is 724 g/mol. The van der Waals surface area contributed by atoms with Crippen LogP contribution >= 0.6 is 15.9 Å². The number of carbonyl (C=O) groups excluding carboxylic acids is 1. The molecule has 0 bridgehead atoms. The van der Waals surface area contributed by atoms with Crippen molar-refractivity contribution in [3.8, 4) is 28.7 Å². The highest BCUT2D eigenvalue weighted by Gasteiger charge is 2.49. The third-order valence-electron chi connectivity index (χ3n) is 8.34. The smallest absolute Gasteiger partial charge is 0.210 e. The highest BCUT2D eigenvalue weighted by atomic mass is 79.9. The van der Waals surface area contributed by atoms with Gasteiger partial charge in [-0.3, -0.25) is 4.79 Å². The summed E-state index contributed by atoms with van der Waals surface area (Å²) in [5.41, 5.74) is 2.04. The number of halogens is 1. The third-order valence-corrected chi connectivity index (χ3v) is 8.90. The number of alkyl halides is 1. The zero-order valence-corrected chi connectivity index (χ0v) is 28.8. The van der Waals surface area contributed by atoms with Crippen molar-refractivity contribution in [2.24, 2.45) is 0 Å². The molecule has 1 heterocycles. The van der Waals surface area contributed by atoms with Crippen LogP contribution < -0.4 is 18.9 Å². The lowest BCUT2D eigenvalue weighted by Crippen LogP contribution is -2.47. The van der Waals surface area contributed by atoms with E-state index in [4.69, 9.17) is 23.7 Å². The molecule has 1 aliphatic heterocycles. The van der Waals surface area contributed by atoms with Crippen molar-refractivity contribution in [3.63, 3.8) is 0 Å². The van der Waals surface area contributed by atoms with Crippen molar-refractivity contribution in [1.82, 2.24) is 0 Å². The van der Waals surface area contributed by atoms with Crippen LogP contribution in [-0.4, -0.2) is 29.4 Å². The molecule has 8 heteroatoms. The van der Waals surface area contributed by atoms with Crippen LogP contribution in [0.25, 0.3) is 0 Å². The summed E-state index contributed by atoms with van der Waals surface area (Å²) in [5, 5.41) is 12.1. The maximum absolute atomic E-state index is 14.6. The molecule has 49 heavy (non-hydrogen) atoms. The van der Waals surface area contributed by atoms with E-state index in [1.165, 1.54) is 6.07 Å². The van der Waals surface area contributed by atoms with Crippen LogP contribution in [0.4, 0.5) is 0 Å². The van der Waals surface area contributed by atoms with Gasteiger partial charge in [-0.05, 0) is 47.2 Å². The highest BCUT2D eigenvalue weighted by molar-refractivity contribution is 9.09. The molecule has 1 aliphatic rings. The maximum atomic E-state index is 14.6. The first-order chi connectivity index (χ1) is 24.1. The van der Waals surface area contributed by atoms with Crippen molar-refractivity contribution < 1.29 is 33.6 Å². The number of unbranched alkanes of at least 4 members (excludes halogenated alkanes) is 2. The molecule has 1 unspecified atom stereocenters.